The van der Waals surface area contributed by atoms with Crippen LogP contribution in [0.1, 0.15) is 67.5 Å². The van der Waals surface area contributed by atoms with Crippen LogP contribution in [0.15, 0.2) is 27.5 Å². The van der Waals surface area contributed by atoms with Crippen LogP contribution in [0.25, 0.3) is 0 Å². The molecule has 2 aromatic heterocycles. The summed E-state index contributed by atoms with van der Waals surface area (Å²) in [6.07, 6.45) is 7.14. The first-order valence-corrected chi connectivity index (χ1v) is 9.54. The van der Waals surface area contributed by atoms with E-state index in [9.17, 15) is 4.79 Å². The lowest BCUT2D eigenvalue weighted by atomic mass is 10.2. The smallest absolute Gasteiger partial charge is 0.266 e. The van der Waals surface area contributed by atoms with Crippen molar-refractivity contribution in [2.24, 2.45) is 0 Å². The first-order valence-electron chi connectivity index (χ1n) is 9.54. The minimum absolute atomic E-state index is 0.00806. The molecule has 1 saturated heterocycles. The van der Waals surface area contributed by atoms with Crippen LogP contribution in [0, 0.1) is 0 Å². The third-order valence-electron chi connectivity index (χ3n) is 5.69. The van der Waals surface area contributed by atoms with Gasteiger partial charge in [0.2, 0.25) is 0 Å². The van der Waals surface area contributed by atoms with Crippen molar-refractivity contribution in [3.8, 4) is 0 Å². The summed E-state index contributed by atoms with van der Waals surface area (Å²) in [5.41, 5.74) is 2.10. The van der Waals surface area contributed by atoms with Crippen LogP contribution in [0.4, 0.5) is 0 Å². The van der Waals surface area contributed by atoms with Crippen molar-refractivity contribution in [1.82, 2.24) is 19.8 Å². The summed E-state index contributed by atoms with van der Waals surface area (Å²) < 4.78 is 7.15. The number of aromatic nitrogens is 3. The number of nitrogens with zero attached hydrogens (tertiary/aromatic N) is 4. The molecule has 1 atom stereocenters. The van der Waals surface area contributed by atoms with E-state index in [1.165, 1.54) is 25.7 Å². The van der Waals surface area contributed by atoms with E-state index >= 15 is 0 Å². The van der Waals surface area contributed by atoms with Crippen LogP contribution < -0.4 is 5.56 Å². The highest BCUT2D eigenvalue weighted by molar-refractivity contribution is 5.15. The lowest BCUT2D eigenvalue weighted by Crippen LogP contribution is -2.36. The second-order valence-corrected chi connectivity index (χ2v) is 7.81. The highest BCUT2D eigenvalue weighted by Crippen LogP contribution is 2.40. The molecule has 0 amide bonds. The fourth-order valence-corrected chi connectivity index (χ4v) is 3.87. The molecule has 1 unspecified atom stereocenters. The van der Waals surface area contributed by atoms with Crippen molar-refractivity contribution in [3.05, 3.63) is 45.7 Å². The van der Waals surface area contributed by atoms with Gasteiger partial charge in [-0.2, -0.15) is 5.10 Å². The molecule has 6 nitrogen and oxygen atoms in total. The molecule has 0 radical (unpaired) electrons. The van der Waals surface area contributed by atoms with Crippen molar-refractivity contribution in [2.45, 2.75) is 69.5 Å². The van der Waals surface area contributed by atoms with Crippen LogP contribution in [-0.4, -0.2) is 32.4 Å². The molecule has 2 aromatic rings. The standard InChI is InChI=1S/C19H24N4O2/c24-19-8-7-17(13-3-4-13)20-23(19)12-16-2-1-9-22(16)11-15-10-18(25-21-15)14-5-6-14/h7-8,10,13-14,16H,1-6,9,11-12H2. The lowest BCUT2D eigenvalue weighted by Gasteiger charge is -2.23. The number of hydrogen-bond acceptors (Lipinski definition) is 5. The third-order valence-corrected chi connectivity index (χ3v) is 5.69. The van der Waals surface area contributed by atoms with E-state index in [1.54, 1.807) is 10.7 Å². The fraction of sp³-hybridized carbons (Fsp3) is 0.632. The van der Waals surface area contributed by atoms with Crippen LogP contribution in [-0.2, 0) is 13.1 Å². The normalized spacial score (nSPS) is 24.1. The Bertz CT molecular complexity index is 819. The van der Waals surface area contributed by atoms with Gasteiger partial charge in [-0.25, -0.2) is 4.68 Å². The third kappa shape index (κ3) is 3.27. The molecule has 3 heterocycles. The highest BCUT2D eigenvalue weighted by atomic mass is 16.5. The molecular formula is C19H24N4O2. The minimum atomic E-state index is 0.00806. The maximum atomic E-state index is 12.2. The van der Waals surface area contributed by atoms with Gasteiger partial charge in [-0.3, -0.25) is 9.69 Å². The maximum absolute atomic E-state index is 12.2. The predicted molar refractivity (Wildman–Crippen MR) is 92.4 cm³/mol. The van der Waals surface area contributed by atoms with Crippen LogP contribution in [0.2, 0.25) is 0 Å². The molecule has 2 saturated carbocycles. The molecule has 0 spiro atoms. The summed E-state index contributed by atoms with van der Waals surface area (Å²) >= 11 is 0. The number of rotatable bonds is 6. The zero-order valence-electron chi connectivity index (χ0n) is 14.4. The predicted octanol–water partition coefficient (Wildman–Crippen LogP) is 2.65. The second-order valence-electron chi connectivity index (χ2n) is 7.81. The van der Waals surface area contributed by atoms with E-state index in [0.29, 0.717) is 24.4 Å². The average Bonchev–Trinajstić information content (AvgIpc) is 3.54. The summed E-state index contributed by atoms with van der Waals surface area (Å²) in [6.45, 7) is 2.53. The van der Waals surface area contributed by atoms with Crippen LogP contribution in [0.3, 0.4) is 0 Å². The van der Waals surface area contributed by atoms with Crippen molar-refractivity contribution in [1.29, 1.82) is 0 Å². The summed E-state index contributed by atoms with van der Waals surface area (Å²) in [6, 6.07) is 6.04. The first kappa shape index (κ1) is 15.3. The van der Waals surface area contributed by atoms with E-state index in [4.69, 9.17) is 4.52 Å². The Hall–Kier alpha value is -1.95. The topological polar surface area (TPSA) is 64.2 Å². The fourth-order valence-electron chi connectivity index (χ4n) is 3.87. The van der Waals surface area contributed by atoms with E-state index in [0.717, 1.165) is 43.1 Å². The SMILES string of the molecule is O=c1ccc(C2CC2)nn1CC1CCCN1Cc1cc(C2CC2)on1. The Morgan fingerprint density at radius 2 is 1.96 bits per heavy atom. The summed E-state index contributed by atoms with van der Waals surface area (Å²) in [7, 11) is 0. The molecular weight excluding hydrogens is 316 g/mol. The van der Waals surface area contributed by atoms with Gasteiger partial charge < -0.3 is 4.52 Å². The quantitative estimate of drug-likeness (QED) is 0.809. The molecule has 0 bridgehead atoms. The maximum Gasteiger partial charge on any atom is 0.266 e. The van der Waals surface area contributed by atoms with Gasteiger partial charge in [0.1, 0.15) is 5.76 Å². The lowest BCUT2D eigenvalue weighted by molar-refractivity contribution is 0.210. The van der Waals surface area contributed by atoms with Crippen LogP contribution in [0.5, 0.6) is 0 Å². The van der Waals surface area contributed by atoms with Gasteiger partial charge in [-0.15, -0.1) is 0 Å². The van der Waals surface area contributed by atoms with Crippen molar-refractivity contribution < 1.29 is 4.52 Å². The molecule has 132 valence electrons. The highest BCUT2D eigenvalue weighted by Gasteiger charge is 2.30. The van der Waals surface area contributed by atoms with Crippen molar-refractivity contribution in [2.75, 3.05) is 6.54 Å². The Kier molecular flexibility index (Phi) is 3.73. The molecule has 3 fully saturated rings. The summed E-state index contributed by atoms with van der Waals surface area (Å²) in [5, 5.41) is 8.86. The molecule has 0 aromatic carbocycles. The van der Waals surface area contributed by atoms with E-state index < -0.39 is 0 Å². The van der Waals surface area contributed by atoms with Gasteiger partial charge in [-0.1, -0.05) is 5.16 Å². The van der Waals surface area contributed by atoms with Gasteiger partial charge in [-0.05, 0) is 51.1 Å². The molecule has 3 aliphatic rings. The molecule has 1 aliphatic heterocycles. The Morgan fingerprint density at radius 3 is 2.76 bits per heavy atom. The van der Waals surface area contributed by atoms with E-state index in [-0.39, 0.29) is 5.56 Å². The van der Waals surface area contributed by atoms with Gasteiger partial charge in [0, 0.05) is 36.6 Å². The molecule has 5 rings (SSSR count). The second kappa shape index (κ2) is 6.09. The van der Waals surface area contributed by atoms with Gasteiger partial charge in [0.05, 0.1) is 17.9 Å². The van der Waals surface area contributed by atoms with Gasteiger partial charge in [0.15, 0.2) is 0 Å². The largest absolute Gasteiger partial charge is 0.361 e. The Balaban J connectivity index is 1.29. The summed E-state index contributed by atoms with van der Waals surface area (Å²) in [4.78, 5) is 14.6. The van der Waals surface area contributed by atoms with E-state index in [1.807, 2.05) is 6.07 Å². The van der Waals surface area contributed by atoms with Crippen molar-refractivity contribution >= 4 is 0 Å². The molecule has 6 heteroatoms. The number of hydrogen-bond donors (Lipinski definition) is 0. The summed E-state index contributed by atoms with van der Waals surface area (Å²) in [5.74, 6) is 2.21. The Labute approximate surface area is 146 Å². The molecule has 2 aliphatic carbocycles. The minimum Gasteiger partial charge on any atom is -0.361 e. The zero-order chi connectivity index (χ0) is 16.8. The Morgan fingerprint density at radius 1 is 1.12 bits per heavy atom. The number of likely N-dealkylation sites (tertiary alicyclic amines) is 1. The average molecular weight is 340 g/mol. The van der Waals surface area contributed by atoms with E-state index in [2.05, 4.69) is 21.2 Å². The van der Waals surface area contributed by atoms with Gasteiger partial charge >= 0.3 is 0 Å². The van der Waals surface area contributed by atoms with Crippen molar-refractivity contribution in [3.63, 3.8) is 0 Å². The monoisotopic (exact) mass is 340 g/mol. The zero-order valence-corrected chi connectivity index (χ0v) is 14.4. The van der Waals surface area contributed by atoms with Gasteiger partial charge in [0.25, 0.3) is 5.56 Å². The van der Waals surface area contributed by atoms with Crippen LogP contribution >= 0.6 is 0 Å². The molecule has 0 N–H and O–H groups in total. The first-order chi connectivity index (χ1) is 12.3. The molecule has 25 heavy (non-hydrogen) atoms.